The lowest BCUT2D eigenvalue weighted by molar-refractivity contribution is -0.134. The zero-order valence-electron chi connectivity index (χ0n) is 11.7. The fraction of sp³-hybridized carbons (Fsp3) is 0.923. The Labute approximate surface area is 105 Å². The zero-order valence-corrected chi connectivity index (χ0v) is 11.7. The second-order valence-corrected chi connectivity index (χ2v) is 5.67. The van der Waals surface area contributed by atoms with E-state index in [-0.39, 0.29) is 5.91 Å². The van der Waals surface area contributed by atoms with Crippen molar-refractivity contribution in [2.75, 3.05) is 40.3 Å². The minimum Gasteiger partial charge on any atom is -0.337 e. The summed E-state index contributed by atoms with van der Waals surface area (Å²) in [5.41, 5.74) is 0. The van der Waals surface area contributed by atoms with E-state index in [1.165, 1.54) is 0 Å². The lowest BCUT2D eigenvalue weighted by Gasteiger charge is -2.32. The molecule has 17 heavy (non-hydrogen) atoms. The van der Waals surface area contributed by atoms with Gasteiger partial charge in [0.05, 0.1) is 6.54 Å². The molecular formula is C13H27N3O. The Morgan fingerprint density at radius 3 is 2.76 bits per heavy atom. The van der Waals surface area contributed by atoms with Gasteiger partial charge in [-0.3, -0.25) is 4.79 Å². The van der Waals surface area contributed by atoms with Crippen LogP contribution in [0.4, 0.5) is 0 Å². The summed E-state index contributed by atoms with van der Waals surface area (Å²) < 4.78 is 0. The predicted octanol–water partition coefficient (Wildman–Crippen LogP) is 0.785. The highest BCUT2D eigenvalue weighted by molar-refractivity contribution is 5.78. The number of carbonyl (C=O) groups excluding carboxylic acids is 1. The van der Waals surface area contributed by atoms with Crippen LogP contribution in [0.2, 0.25) is 0 Å². The molecule has 1 rings (SSSR count). The summed E-state index contributed by atoms with van der Waals surface area (Å²) >= 11 is 0. The highest BCUT2D eigenvalue weighted by Crippen LogP contribution is 2.14. The fourth-order valence-corrected chi connectivity index (χ4v) is 2.38. The number of hydrogen-bond donors (Lipinski definition) is 1. The van der Waals surface area contributed by atoms with Crippen LogP contribution in [-0.2, 0) is 4.79 Å². The molecule has 1 fully saturated rings. The van der Waals surface area contributed by atoms with E-state index in [1.807, 2.05) is 19.0 Å². The van der Waals surface area contributed by atoms with E-state index >= 15 is 0 Å². The van der Waals surface area contributed by atoms with Gasteiger partial charge in [-0.25, -0.2) is 0 Å². The Kier molecular flexibility index (Phi) is 5.92. The molecule has 100 valence electrons. The molecule has 0 aromatic rings. The van der Waals surface area contributed by atoms with Crippen molar-refractivity contribution in [3.8, 4) is 0 Å². The van der Waals surface area contributed by atoms with Gasteiger partial charge in [-0.1, -0.05) is 13.8 Å². The average Bonchev–Trinajstić information content (AvgIpc) is 2.41. The van der Waals surface area contributed by atoms with Gasteiger partial charge in [-0.2, -0.15) is 0 Å². The lowest BCUT2D eigenvalue weighted by atomic mass is 10.0. The van der Waals surface area contributed by atoms with E-state index in [0.717, 1.165) is 32.5 Å². The summed E-state index contributed by atoms with van der Waals surface area (Å²) in [6.07, 6.45) is 2.15. The smallest absolute Gasteiger partial charge is 0.237 e. The first-order valence-electron chi connectivity index (χ1n) is 6.65. The highest BCUT2D eigenvalue weighted by atomic mass is 16.2. The van der Waals surface area contributed by atoms with Gasteiger partial charge >= 0.3 is 0 Å². The van der Waals surface area contributed by atoms with E-state index in [4.69, 9.17) is 0 Å². The van der Waals surface area contributed by atoms with Crippen LogP contribution in [0.15, 0.2) is 0 Å². The zero-order chi connectivity index (χ0) is 12.8. The molecule has 0 spiro atoms. The maximum atomic E-state index is 12.2. The van der Waals surface area contributed by atoms with E-state index in [0.29, 0.717) is 18.5 Å². The van der Waals surface area contributed by atoms with Crippen LogP contribution in [0.5, 0.6) is 0 Å². The number of amides is 1. The first-order chi connectivity index (χ1) is 8.00. The Morgan fingerprint density at radius 1 is 1.47 bits per heavy atom. The van der Waals surface area contributed by atoms with Crippen molar-refractivity contribution >= 4 is 5.91 Å². The molecule has 1 atom stereocenters. The highest BCUT2D eigenvalue weighted by Gasteiger charge is 2.25. The lowest BCUT2D eigenvalue weighted by Crippen LogP contribution is -2.47. The second-order valence-electron chi connectivity index (χ2n) is 5.67. The van der Waals surface area contributed by atoms with Gasteiger partial charge in [-0.15, -0.1) is 0 Å². The van der Waals surface area contributed by atoms with Gasteiger partial charge in [0, 0.05) is 19.1 Å². The van der Waals surface area contributed by atoms with Gasteiger partial charge in [0.2, 0.25) is 5.91 Å². The van der Waals surface area contributed by atoms with Crippen LogP contribution < -0.4 is 5.32 Å². The van der Waals surface area contributed by atoms with Crippen LogP contribution >= 0.6 is 0 Å². The van der Waals surface area contributed by atoms with Gasteiger partial charge in [-0.05, 0) is 39.4 Å². The van der Waals surface area contributed by atoms with Crippen molar-refractivity contribution in [1.29, 1.82) is 0 Å². The Morgan fingerprint density at radius 2 is 2.18 bits per heavy atom. The van der Waals surface area contributed by atoms with E-state index in [2.05, 4.69) is 24.1 Å². The van der Waals surface area contributed by atoms with Crippen molar-refractivity contribution < 1.29 is 4.79 Å². The molecule has 0 aromatic carbocycles. The van der Waals surface area contributed by atoms with Crippen LogP contribution in [0, 0.1) is 5.92 Å². The third-order valence-electron chi connectivity index (χ3n) is 3.09. The van der Waals surface area contributed by atoms with Crippen molar-refractivity contribution in [1.82, 2.24) is 15.1 Å². The quantitative estimate of drug-likeness (QED) is 0.790. The summed E-state index contributed by atoms with van der Waals surface area (Å²) in [7, 11) is 3.90. The molecule has 1 saturated heterocycles. The third kappa shape index (κ3) is 5.04. The van der Waals surface area contributed by atoms with E-state index in [9.17, 15) is 4.79 Å². The minimum atomic E-state index is 0.268. The van der Waals surface area contributed by atoms with Crippen LogP contribution in [0.25, 0.3) is 0 Å². The van der Waals surface area contributed by atoms with Gasteiger partial charge in [0.1, 0.15) is 0 Å². The molecule has 1 amide bonds. The summed E-state index contributed by atoms with van der Waals surface area (Å²) in [5.74, 6) is 0.902. The van der Waals surface area contributed by atoms with E-state index < -0.39 is 0 Å². The molecule has 0 aliphatic carbocycles. The molecular weight excluding hydrogens is 214 g/mol. The molecule has 1 unspecified atom stereocenters. The van der Waals surface area contributed by atoms with Gasteiger partial charge in [0.15, 0.2) is 0 Å². The predicted molar refractivity (Wildman–Crippen MR) is 71.0 cm³/mol. The molecule has 1 aliphatic rings. The van der Waals surface area contributed by atoms with Crippen molar-refractivity contribution in [2.45, 2.75) is 32.7 Å². The number of likely N-dealkylation sites (N-methyl/N-ethyl adjacent to an activating group) is 1. The number of hydrogen-bond acceptors (Lipinski definition) is 3. The topological polar surface area (TPSA) is 35.6 Å². The summed E-state index contributed by atoms with van der Waals surface area (Å²) in [5, 5.41) is 3.43. The Hall–Kier alpha value is -0.610. The average molecular weight is 241 g/mol. The molecule has 1 N–H and O–H groups in total. The summed E-state index contributed by atoms with van der Waals surface area (Å²) in [6.45, 7) is 7.84. The van der Waals surface area contributed by atoms with Crippen LogP contribution in [-0.4, -0.2) is 62.0 Å². The molecule has 0 bridgehead atoms. The summed E-state index contributed by atoms with van der Waals surface area (Å²) in [4.78, 5) is 16.2. The van der Waals surface area contributed by atoms with Gasteiger partial charge < -0.3 is 15.1 Å². The Bertz CT molecular complexity index is 241. The fourth-order valence-electron chi connectivity index (χ4n) is 2.38. The number of nitrogens with one attached hydrogen (secondary N) is 1. The molecule has 1 heterocycles. The second kappa shape index (κ2) is 6.97. The van der Waals surface area contributed by atoms with E-state index in [1.54, 1.807) is 0 Å². The van der Waals surface area contributed by atoms with Crippen molar-refractivity contribution in [3.05, 3.63) is 0 Å². The number of nitrogens with zero attached hydrogens (tertiary/aromatic N) is 2. The molecule has 1 aliphatic heterocycles. The normalized spacial score (nSPS) is 22.0. The number of carbonyl (C=O) groups is 1. The third-order valence-corrected chi connectivity index (χ3v) is 3.09. The van der Waals surface area contributed by atoms with Crippen molar-refractivity contribution in [2.24, 2.45) is 5.92 Å². The van der Waals surface area contributed by atoms with Gasteiger partial charge in [0.25, 0.3) is 0 Å². The van der Waals surface area contributed by atoms with Crippen LogP contribution in [0.1, 0.15) is 26.7 Å². The molecule has 4 nitrogen and oxygen atoms in total. The SMILES string of the molecule is CC(C)CC1CNCCCN1C(=O)CN(C)C. The Balaban J connectivity index is 2.63. The van der Waals surface area contributed by atoms with Crippen molar-refractivity contribution in [3.63, 3.8) is 0 Å². The largest absolute Gasteiger partial charge is 0.337 e. The number of rotatable bonds is 4. The molecule has 0 radical (unpaired) electrons. The molecule has 4 heteroatoms. The first kappa shape index (κ1) is 14.5. The monoisotopic (exact) mass is 241 g/mol. The summed E-state index contributed by atoms with van der Waals surface area (Å²) in [6, 6.07) is 0.366. The standard InChI is InChI=1S/C13H27N3O/c1-11(2)8-12-9-14-6-5-7-16(12)13(17)10-15(3)4/h11-12,14H,5-10H2,1-4H3. The first-order valence-corrected chi connectivity index (χ1v) is 6.65. The maximum Gasteiger partial charge on any atom is 0.237 e. The van der Waals surface area contributed by atoms with Crippen LogP contribution in [0.3, 0.4) is 0 Å². The molecule has 0 aromatic heterocycles. The molecule has 0 saturated carbocycles. The maximum absolute atomic E-state index is 12.2. The minimum absolute atomic E-state index is 0.268.